The molecule has 1 unspecified atom stereocenters. The van der Waals surface area contributed by atoms with Gasteiger partial charge in [-0.25, -0.2) is 0 Å². The van der Waals surface area contributed by atoms with Crippen LogP contribution in [0.25, 0.3) is 0 Å². The monoisotopic (exact) mass is 137 g/mol. The molecule has 1 aliphatic rings. The molecule has 1 heterocycles. The molecule has 1 rings (SSSR count). The molecular formula is C9H15N. The predicted octanol–water partition coefficient (Wildman–Crippen LogP) is 2.22. The van der Waals surface area contributed by atoms with Crippen LogP contribution in [0.5, 0.6) is 0 Å². The highest BCUT2D eigenvalue weighted by Gasteiger charge is 2.04. The van der Waals surface area contributed by atoms with Crippen molar-refractivity contribution in [2.45, 2.75) is 32.7 Å². The number of dihydropyridines is 1. The summed E-state index contributed by atoms with van der Waals surface area (Å²) in [7, 11) is 0. The summed E-state index contributed by atoms with van der Waals surface area (Å²) in [6.07, 6.45) is 8.78. The second-order valence-corrected chi connectivity index (χ2v) is 2.59. The molecule has 0 aliphatic carbocycles. The van der Waals surface area contributed by atoms with Crippen LogP contribution in [0, 0.1) is 0 Å². The molecule has 1 atom stereocenters. The fourth-order valence-electron chi connectivity index (χ4n) is 1.10. The first kappa shape index (κ1) is 7.39. The summed E-state index contributed by atoms with van der Waals surface area (Å²) < 4.78 is 0. The Morgan fingerprint density at radius 3 is 2.90 bits per heavy atom. The molecule has 1 N–H and O–H groups in total. The average molecular weight is 137 g/mol. The third-order valence-corrected chi connectivity index (χ3v) is 1.83. The van der Waals surface area contributed by atoms with Gasteiger partial charge < -0.3 is 5.32 Å². The second kappa shape index (κ2) is 3.45. The fourth-order valence-corrected chi connectivity index (χ4v) is 1.10. The van der Waals surface area contributed by atoms with Crippen LogP contribution in [0.15, 0.2) is 23.9 Å². The fraction of sp³-hybridized carbons (Fsp3) is 0.556. The molecule has 0 bridgehead atoms. The van der Waals surface area contributed by atoms with Gasteiger partial charge in [0.25, 0.3) is 0 Å². The molecule has 0 spiro atoms. The molecule has 0 aromatic carbocycles. The van der Waals surface area contributed by atoms with E-state index in [0.717, 1.165) is 6.42 Å². The van der Waals surface area contributed by atoms with E-state index in [-0.39, 0.29) is 0 Å². The molecular weight excluding hydrogens is 122 g/mol. The van der Waals surface area contributed by atoms with Crippen LogP contribution in [0.4, 0.5) is 0 Å². The van der Waals surface area contributed by atoms with E-state index in [1.165, 1.54) is 12.1 Å². The molecule has 1 aliphatic heterocycles. The average Bonchev–Trinajstić information content (AvgIpc) is 2.05. The van der Waals surface area contributed by atoms with Gasteiger partial charge in [-0.1, -0.05) is 26.0 Å². The number of nitrogens with one attached hydrogen (secondary N) is 1. The maximum absolute atomic E-state index is 3.43. The quantitative estimate of drug-likeness (QED) is 0.615. The minimum Gasteiger partial charge on any atom is -0.382 e. The largest absolute Gasteiger partial charge is 0.382 e. The van der Waals surface area contributed by atoms with Gasteiger partial charge in [-0.15, -0.1) is 0 Å². The summed E-state index contributed by atoms with van der Waals surface area (Å²) in [5, 5.41) is 3.43. The Hall–Kier alpha value is -0.720. The minimum atomic E-state index is 0.569. The van der Waals surface area contributed by atoms with Gasteiger partial charge in [-0.05, 0) is 18.9 Å². The van der Waals surface area contributed by atoms with Crippen molar-refractivity contribution >= 4 is 0 Å². The Labute approximate surface area is 62.8 Å². The van der Waals surface area contributed by atoms with E-state index in [1.807, 2.05) is 0 Å². The van der Waals surface area contributed by atoms with E-state index in [1.54, 1.807) is 0 Å². The van der Waals surface area contributed by atoms with Crippen LogP contribution < -0.4 is 5.32 Å². The number of hydrogen-bond acceptors (Lipinski definition) is 1. The van der Waals surface area contributed by atoms with Crippen molar-refractivity contribution in [2.75, 3.05) is 0 Å². The van der Waals surface area contributed by atoms with Crippen molar-refractivity contribution in [3.8, 4) is 0 Å². The third-order valence-electron chi connectivity index (χ3n) is 1.83. The van der Waals surface area contributed by atoms with Crippen molar-refractivity contribution in [3.05, 3.63) is 23.9 Å². The van der Waals surface area contributed by atoms with E-state index in [4.69, 9.17) is 0 Å². The van der Waals surface area contributed by atoms with E-state index < -0.39 is 0 Å². The molecule has 0 saturated heterocycles. The van der Waals surface area contributed by atoms with E-state index in [0.29, 0.717) is 6.04 Å². The first-order valence-electron chi connectivity index (χ1n) is 4.00. The SMILES string of the molecule is CCC1=CC=CC(CC)N1. The van der Waals surface area contributed by atoms with Crippen molar-refractivity contribution in [1.82, 2.24) is 5.32 Å². The maximum Gasteiger partial charge on any atom is 0.0441 e. The van der Waals surface area contributed by atoms with Gasteiger partial charge in [0.15, 0.2) is 0 Å². The van der Waals surface area contributed by atoms with Crippen LogP contribution in [0.2, 0.25) is 0 Å². The normalized spacial score (nSPS) is 23.8. The number of allylic oxidation sites excluding steroid dienone is 3. The van der Waals surface area contributed by atoms with Crippen molar-refractivity contribution in [1.29, 1.82) is 0 Å². The zero-order valence-corrected chi connectivity index (χ0v) is 6.72. The van der Waals surface area contributed by atoms with Crippen LogP contribution in [-0.4, -0.2) is 6.04 Å². The zero-order valence-electron chi connectivity index (χ0n) is 6.72. The lowest BCUT2D eigenvalue weighted by Gasteiger charge is -2.19. The lowest BCUT2D eigenvalue weighted by atomic mass is 10.1. The maximum atomic E-state index is 3.43. The number of hydrogen-bond donors (Lipinski definition) is 1. The second-order valence-electron chi connectivity index (χ2n) is 2.59. The third kappa shape index (κ3) is 1.63. The minimum absolute atomic E-state index is 0.569. The van der Waals surface area contributed by atoms with E-state index in [2.05, 4.69) is 37.4 Å². The molecule has 0 aromatic heterocycles. The Balaban J connectivity index is 2.50. The summed E-state index contributed by atoms with van der Waals surface area (Å²) in [6.45, 7) is 4.37. The summed E-state index contributed by atoms with van der Waals surface area (Å²) in [5.74, 6) is 0. The van der Waals surface area contributed by atoms with Gasteiger partial charge >= 0.3 is 0 Å². The molecule has 0 fully saturated rings. The van der Waals surface area contributed by atoms with Gasteiger partial charge in [0.1, 0.15) is 0 Å². The van der Waals surface area contributed by atoms with E-state index in [9.17, 15) is 0 Å². The first-order valence-corrected chi connectivity index (χ1v) is 4.00. The van der Waals surface area contributed by atoms with Crippen molar-refractivity contribution in [3.63, 3.8) is 0 Å². The Morgan fingerprint density at radius 1 is 1.50 bits per heavy atom. The van der Waals surface area contributed by atoms with Crippen LogP contribution in [0.3, 0.4) is 0 Å². The van der Waals surface area contributed by atoms with Crippen LogP contribution in [-0.2, 0) is 0 Å². The Bertz CT molecular complexity index is 156. The molecule has 56 valence electrons. The van der Waals surface area contributed by atoms with Crippen LogP contribution >= 0.6 is 0 Å². The molecule has 10 heavy (non-hydrogen) atoms. The summed E-state index contributed by atoms with van der Waals surface area (Å²) in [6, 6.07) is 0.569. The molecule has 0 saturated carbocycles. The number of rotatable bonds is 2. The highest BCUT2D eigenvalue weighted by molar-refractivity contribution is 5.19. The van der Waals surface area contributed by atoms with Crippen molar-refractivity contribution in [2.24, 2.45) is 0 Å². The van der Waals surface area contributed by atoms with E-state index >= 15 is 0 Å². The highest BCUT2D eigenvalue weighted by Crippen LogP contribution is 2.07. The predicted molar refractivity (Wildman–Crippen MR) is 44.7 cm³/mol. The molecule has 0 radical (unpaired) electrons. The Kier molecular flexibility index (Phi) is 2.55. The lowest BCUT2D eigenvalue weighted by molar-refractivity contribution is 0.626. The van der Waals surface area contributed by atoms with Gasteiger partial charge in [-0.2, -0.15) is 0 Å². The standard InChI is InChI=1S/C9H15N/c1-3-8-6-5-7-9(4-2)10-8/h5-8,10H,3-4H2,1-2H3. The van der Waals surface area contributed by atoms with Crippen molar-refractivity contribution < 1.29 is 0 Å². The highest BCUT2D eigenvalue weighted by atomic mass is 14.9. The zero-order chi connectivity index (χ0) is 7.40. The molecule has 1 heteroatoms. The topological polar surface area (TPSA) is 12.0 Å². The molecule has 1 nitrogen and oxygen atoms in total. The summed E-state index contributed by atoms with van der Waals surface area (Å²) in [4.78, 5) is 0. The Morgan fingerprint density at radius 2 is 2.30 bits per heavy atom. The lowest BCUT2D eigenvalue weighted by Crippen LogP contribution is -2.27. The van der Waals surface area contributed by atoms with Gasteiger partial charge in [0, 0.05) is 11.7 Å². The van der Waals surface area contributed by atoms with Crippen LogP contribution in [0.1, 0.15) is 26.7 Å². The van der Waals surface area contributed by atoms with Gasteiger partial charge in [-0.3, -0.25) is 0 Å². The molecule has 0 aromatic rings. The summed E-state index contributed by atoms with van der Waals surface area (Å²) in [5.41, 5.74) is 1.36. The van der Waals surface area contributed by atoms with Gasteiger partial charge in [0.05, 0.1) is 0 Å². The molecule has 0 amide bonds. The van der Waals surface area contributed by atoms with Gasteiger partial charge in [0.2, 0.25) is 0 Å². The first-order chi connectivity index (χ1) is 4.86. The summed E-state index contributed by atoms with van der Waals surface area (Å²) >= 11 is 0. The smallest absolute Gasteiger partial charge is 0.0441 e.